The van der Waals surface area contributed by atoms with Gasteiger partial charge in [0.05, 0.1) is 17.9 Å². The number of carbonyl (C=O) groups is 2. The summed E-state index contributed by atoms with van der Waals surface area (Å²) in [6, 6.07) is 24.5. The highest BCUT2D eigenvalue weighted by Crippen LogP contribution is 2.26. The molecule has 8 heteroatoms. The van der Waals surface area contributed by atoms with Crippen molar-refractivity contribution in [2.24, 2.45) is 0 Å². The van der Waals surface area contributed by atoms with Crippen LogP contribution in [0.2, 0.25) is 5.02 Å². The minimum Gasteiger partial charge on any atom is -0.326 e. The molecule has 0 unspecified atom stereocenters. The molecule has 4 rings (SSSR count). The monoisotopic (exact) mass is 493 g/mol. The van der Waals surface area contributed by atoms with E-state index in [0.29, 0.717) is 15.8 Å². The van der Waals surface area contributed by atoms with Crippen LogP contribution >= 0.6 is 34.7 Å². The van der Waals surface area contributed by atoms with Gasteiger partial charge in [-0.3, -0.25) is 9.59 Å². The number of rotatable bonds is 8. The van der Waals surface area contributed by atoms with Gasteiger partial charge in [0.15, 0.2) is 5.13 Å². The number of thiazole rings is 1. The Bertz CT molecular complexity index is 1240. The van der Waals surface area contributed by atoms with Crippen LogP contribution in [0.3, 0.4) is 0 Å². The van der Waals surface area contributed by atoms with Crippen LogP contribution in [0.4, 0.5) is 10.8 Å². The molecule has 0 fully saturated rings. The van der Waals surface area contributed by atoms with E-state index in [9.17, 15) is 9.59 Å². The van der Waals surface area contributed by atoms with Crippen LogP contribution in [-0.4, -0.2) is 22.6 Å². The fraction of sp³-hybridized carbons (Fsp3) is 0.0800. The Morgan fingerprint density at radius 2 is 1.70 bits per heavy atom. The lowest BCUT2D eigenvalue weighted by molar-refractivity contribution is -0.115. The van der Waals surface area contributed by atoms with Gasteiger partial charge in [-0.05, 0) is 35.9 Å². The predicted octanol–water partition coefficient (Wildman–Crippen LogP) is 6.38. The number of halogens is 1. The molecule has 166 valence electrons. The summed E-state index contributed by atoms with van der Waals surface area (Å²) >= 11 is 8.68. The number of nitrogens with zero attached hydrogens (tertiary/aromatic N) is 1. The Balaban J connectivity index is 1.28. The van der Waals surface area contributed by atoms with Crippen LogP contribution in [0.5, 0.6) is 0 Å². The van der Waals surface area contributed by atoms with Crippen molar-refractivity contribution in [3.05, 3.63) is 94.8 Å². The van der Waals surface area contributed by atoms with Crippen LogP contribution in [0.25, 0.3) is 11.3 Å². The maximum atomic E-state index is 12.4. The van der Waals surface area contributed by atoms with Gasteiger partial charge in [0.25, 0.3) is 0 Å². The number of aromatic nitrogens is 1. The lowest BCUT2D eigenvalue weighted by Crippen LogP contribution is -2.15. The molecule has 0 saturated carbocycles. The molecule has 0 bridgehead atoms. The number of hydrogen-bond donors (Lipinski definition) is 2. The summed E-state index contributed by atoms with van der Waals surface area (Å²) in [5, 5.41) is 8.88. The summed E-state index contributed by atoms with van der Waals surface area (Å²) in [6.45, 7) is 0. The molecule has 0 saturated heterocycles. The number of hydrogen-bond acceptors (Lipinski definition) is 5. The first-order chi connectivity index (χ1) is 16.0. The molecule has 1 heterocycles. The minimum atomic E-state index is -0.133. The van der Waals surface area contributed by atoms with Crippen LogP contribution < -0.4 is 10.6 Å². The van der Waals surface area contributed by atoms with E-state index < -0.39 is 0 Å². The molecule has 3 aromatic carbocycles. The Kier molecular flexibility index (Phi) is 7.78. The van der Waals surface area contributed by atoms with E-state index in [1.54, 1.807) is 12.1 Å². The molecule has 33 heavy (non-hydrogen) atoms. The smallest absolute Gasteiger partial charge is 0.236 e. The SMILES string of the molecule is O=C(Cc1ccc(Cl)cc1)Nc1cccc(SCC(=O)Nc2nc(-c3ccccc3)cs2)c1. The van der Waals surface area contributed by atoms with Crippen molar-refractivity contribution >= 4 is 57.3 Å². The highest BCUT2D eigenvalue weighted by atomic mass is 35.5. The number of anilines is 2. The van der Waals surface area contributed by atoms with E-state index >= 15 is 0 Å². The van der Waals surface area contributed by atoms with Gasteiger partial charge >= 0.3 is 0 Å². The van der Waals surface area contributed by atoms with Gasteiger partial charge in [-0.25, -0.2) is 4.98 Å². The molecule has 0 atom stereocenters. The molecule has 0 spiro atoms. The van der Waals surface area contributed by atoms with Gasteiger partial charge in [0, 0.05) is 26.5 Å². The minimum absolute atomic E-state index is 0.116. The average Bonchev–Trinajstić information content (AvgIpc) is 3.28. The highest BCUT2D eigenvalue weighted by molar-refractivity contribution is 8.00. The molecular weight excluding hydrogens is 474 g/mol. The lowest BCUT2D eigenvalue weighted by Gasteiger charge is -2.08. The van der Waals surface area contributed by atoms with Crippen molar-refractivity contribution in [3.63, 3.8) is 0 Å². The maximum absolute atomic E-state index is 12.4. The average molecular weight is 494 g/mol. The number of benzene rings is 3. The van der Waals surface area contributed by atoms with Crippen molar-refractivity contribution in [2.45, 2.75) is 11.3 Å². The number of thioether (sulfide) groups is 1. The molecule has 0 radical (unpaired) electrons. The first-order valence-electron chi connectivity index (χ1n) is 10.1. The topological polar surface area (TPSA) is 71.1 Å². The molecule has 2 N–H and O–H groups in total. The zero-order valence-corrected chi connectivity index (χ0v) is 19.8. The van der Waals surface area contributed by atoms with Gasteiger partial charge in [-0.2, -0.15) is 0 Å². The van der Waals surface area contributed by atoms with Crippen molar-refractivity contribution < 1.29 is 9.59 Å². The Morgan fingerprint density at radius 1 is 0.909 bits per heavy atom. The van der Waals surface area contributed by atoms with E-state index in [2.05, 4.69) is 15.6 Å². The summed E-state index contributed by atoms with van der Waals surface area (Å²) in [6.07, 6.45) is 0.260. The second-order valence-corrected chi connectivity index (χ2v) is 9.46. The summed E-state index contributed by atoms with van der Waals surface area (Å²) in [4.78, 5) is 30.1. The third-order valence-electron chi connectivity index (χ3n) is 4.59. The fourth-order valence-electron chi connectivity index (χ4n) is 3.03. The molecule has 4 aromatic rings. The number of carbonyl (C=O) groups excluding carboxylic acids is 2. The van der Waals surface area contributed by atoms with E-state index in [1.165, 1.54) is 23.1 Å². The standard InChI is InChI=1S/C25H20ClN3O2S2/c26-19-11-9-17(10-12-19)13-23(30)27-20-7-4-8-21(14-20)32-16-24(31)29-25-28-22(15-33-25)18-5-2-1-3-6-18/h1-12,14-15H,13,16H2,(H,27,30)(H,28,29,31). The second-order valence-electron chi connectivity index (χ2n) is 7.12. The second kappa shape index (κ2) is 11.1. The Morgan fingerprint density at radius 3 is 2.48 bits per heavy atom. The maximum Gasteiger partial charge on any atom is 0.236 e. The van der Waals surface area contributed by atoms with E-state index in [0.717, 1.165) is 21.7 Å². The first-order valence-corrected chi connectivity index (χ1v) is 12.4. The van der Waals surface area contributed by atoms with Crippen molar-refractivity contribution in [3.8, 4) is 11.3 Å². The predicted molar refractivity (Wildman–Crippen MR) is 137 cm³/mol. The molecule has 1 aromatic heterocycles. The lowest BCUT2D eigenvalue weighted by atomic mass is 10.1. The third kappa shape index (κ3) is 6.92. The van der Waals surface area contributed by atoms with E-state index in [-0.39, 0.29) is 24.0 Å². The molecule has 5 nitrogen and oxygen atoms in total. The fourth-order valence-corrected chi connectivity index (χ4v) is 4.65. The van der Waals surface area contributed by atoms with Gasteiger partial charge < -0.3 is 10.6 Å². The van der Waals surface area contributed by atoms with Gasteiger partial charge in [0.1, 0.15) is 0 Å². The molecular formula is C25H20ClN3O2S2. The largest absolute Gasteiger partial charge is 0.326 e. The number of nitrogens with one attached hydrogen (secondary N) is 2. The normalized spacial score (nSPS) is 10.6. The first kappa shape index (κ1) is 23.0. The zero-order chi connectivity index (χ0) is 23.0. The van der Waals surface area contributed by atoms with Gasteiger partial charge in [0.2, 0.25) is 11.8 Å². The summed E-state index contributed by atoms with van der Waals surface area (Å²) < 4.78 is 0. The highest BCUT2D eigenvalue weighted by Gasteiger charge is 2.10. The van der Waals surface area contributed by atoms with Crippen molar-refractivity contribution in [1.29, 1.82) is 0 Å². The molecule has 2 amide bonds. The van der Waals surface area contributed by atoms with Crippen molar-refractivity contribution in [2.75, 3.05) is 16.4 Å². The zero-order valence-electron chi connectivity index (χ0n) is 17.5. The third-order valence-corrected chi connectivity index (χ3v) is 6.59. The van der Waals surface area contributed by atoms with Crippen LogP contribution in [0.15, 0.2) is 89.1 Å². The summed E-state index contributed by atoms with van der Waals surface area (Å²) in [5.74, 6) is -0.0102. The van der Waals surface area contributed by atoms with Gasteiger partial charge in [-0.1, -0.05) is 60.1 Å². The van der Waals surface area contributed by atoms with Crippen LogP contribution in [0, 0.1) is 0 Å². The van der Waals surface area contributed by atoms with E-state index in [1.807, 2.05) is 72.1 Å². The van der Waals surface area contributed by atoms with E-state index in [4.69, 9.17) is 11.6 Å². The number of amides is 2. The van der Waals surface area contributed by atoms with Gasteiger partial charge in [-0.15, -0.1) is 23.1 Å². The van der Waals surface area contributed by atoms with Crippen LogP contribution in [0.1, 0.15) is 5.56 Å². The summed E-state index contributed by atoms with van der Waals surface area (Å²) in [5.41, 5.74) is 3.42. The Hall–Kier alpha value is -3.13. The summed E-state index contributed by atoms with van der Waals surface area (Å²) in [7, 11) is 0. The molecule has 0 aliphatic carbocycles. The van der Waals surface area contributed by atoms with Crippen LogP contribution in [-0.2, 0) is 16.0 Å². The molecule has 0 aliphatic heterocycles. The molecule has 0 aliphatic rings. The Labute approximate surface area is 205 Å². The van der Waals surface area contributed by atoms with Crippen molar-refractivity contribution in [1.82, 2.24) is 4.98 Å². The quantitative estimate of drug-likeness (QED) is 0.279.